The fourth-order valence-corrected chi connectivity index (χ4v) is 3.64. The number of methoxy groups -OCH3 is 1. The van der Waals surface area contributed by atoms with Crippen LogP contribution in [0.15, 0.2) is 40.4 Å². The van der Waals surface area contributed by atoms with Crippen molar-refractivity contribution < 1.29 is 13.5 Å². The van der Waals surface area contributed by atoms with Crippen molar-refractivity contribution in [3.05, 3.63) is 36.0 Å². The molecule has 2 fully saturated rings. The van der Waals surface area contributed by atoms with Gasteiger partial charge in [-0.3, -0.25) is 5.43 Å². The standard InChI is InChI=1S/C21H20F2N6OS/c1-30-17-6-5-13(20(22)23)8-14(17)15-10-25-18(26-11-24)9-16(15)27-21-29-28-19(31-21)7-4-12-2-3-12/h5-6,8-12,19-20,28H,2-3H2,1H3,(H3,24,25,26,27,29). The molecule has 1 aromatic heterocycles. The summed E-state index contributed by atoms with van der Waals surface area (Å²) in [6.07, 6.45) is 2.35. The Bertz CT molecular complexity index is 1090. The lowest BCUT2D eigenvalue weighted by Gasteiger charge is -2.13. The maximum absolute atomic E-state index is 13.3. The minimum absolute atomic E-state index is 0.121. The van der Waals surface area contributed by atoms with Gasteiger partial charge in [0, 0.05) is 34.9 Å². The topological polar surface area (TPSA) is 96.9 Å². The third kappa shape index (κ3) is 5.13. The first kappa shape index (κ1) is 21.1. The molecule has 1 aliphatic carbocycles. The highest BCUT2D eigenvalue weighted by Crippen LogP contribution is 2.40. The van der Waals surface area contributed by atoms with E-state index in [9.17, 15) is 8.78 Å². The van der Waals surface area contributed by atoms with Crippen molar-refractivity contribution in [3.63, 3.8) is 0 Å². The van der Waals surface area contributed by atoms with E-state index in [1.165, 1.54) is 43.3 Å². The van der Waals surface area contributed by atoms with Crippen molar-refractivity contribution in [2.45, 2.75) is 24.6 Å². The molecule has 2 aliphatic rings. The van der Waals surface area contributed by atoms with Crippen molar-refractivity contribution in [2.75, 3.05) is 7.11 Å². The number of aliphatic imine (C=N–C) groups is 2. The van der Waals surface area contributed by atoms with Gasteiger partial charge < -0.3 is 10.5 Å². The molecule has 0 radical (unpaired) electrons. The number of pyridine rings is 1. The monoisotopic (exact) mass is 442 g/mol. The number of aromatic nitrogens is 1. The van der Waals surface area contributed by atoms with E-state index in [1.807, 2.05) is 0 Å². The summed E-state index contributed by atoms with van der Waals surface area (Å²) in [7, 11) is 1.48. The van der Waals surface area contributed by atoms with E-state index in [0.29, 0.717) is 39.5 Å². The van der Waals surface area contributed by atoms with E-state index in [2.05, 4.69) is 37.7 Å². The average Bonchev–Trinajstić information content (AvgIpc) is 3.50. The molecule has 1 aromatic carbocycles. The van der Waals surface area contributed by atoms with Crippen molar-refractivity contribution in [3.8, 4) is 28.7 Å². The first-order chi connectivity index (χ1) is 15.1. The van der Waals surface area contributed by atoms with Gasteiger partial charge in [0.15, 0.2) is 11.0 Å². The zero-order valence-corrected chi connectivity index (χ0v) is 17.4. The van der Waals surface area contributed by atoms with Crippen LogP contribution >= 0.6 is 11.8 Å². The number of thioether (sulfide) groups is 1. The smallest absolute Gasteiger partial charge is 0.263 e. The predicted octanol–water partition coefficient (Wildman–Crippen LogP) is 3.88. The number of hydrogen-bond acceptors (Lipinski definition) is 6. The van der Waals surface area contributed by atoms with E-state index < -0.39 is 6.43 Å². The highest BCUT2D eigenvalue weighted by Gasteiger charge is 2.23. The Balaban J connectivity index is 1.73. The minimum Gasteiger partial charge on any atom is -0.496 e. The first-order valence-corrected chi connectivity index (χ1v) is 10.4. The van der Waals surface area contributed by atoms with Crippen molar-refractivity contribution in [1.82, 2.24) is 15.8 Å². The molecule has 2 heterocycles. The largest absolute Gasteiger partial charge is 0.496 e. The SMILES string of the molecule is COc1ccc(C(F)F)cc1-c1cnc(N=CN)cc1N=C1NNC(C#CC2CC2)S1. The molecule has 1 aliphatic heterocycles. The Kier molecular flexibility index (Phi) is 6.34. The highest BCUT2D eigenvalue weighted by atomic mass is 32.2. The van der Waals surface area contributed by atoms with Crippen LogP contribution in [-0.2, 0) is 0 Å². The highest BCUT2D eigenvalue weighted by molar-refractivity contribution is 8.14. The molecule has 2 aromatic rings. The van der Waals surface area contributed by atoms with Gasteiger partial charge in [0.25, 0.3) is 6.43 Å². The van der Waals surface area contributed by atoms with Gasteiger partial charge in [0.1, 0.15) is 11.1 Å². The summed E-state index contributed by atoms with van der Waals surface area (Å²) in [6.45, 7) is 0. The van der Waals surface area contributed by atoms with Crippen LogP contribution in [0.25, 0.3) is 11.1 Å². The number of alkyl halides is 2. The summed E-state index contributed by atoms with van der Waals surface area (Å²) >= 11 is 1.44. The normalized spacial score (nSPS) is 19.5. The van der Waals surface area contributed by atoms with Gasteiger partial charge in [0.05, 0.1) is 19.1 Å². The summed E-state index contributed by atoms with van der Waals surface area (Å²) in [5, 5.41) is 0.470. The number of hydrogen-bond donors (Lipinski definition) is 3. The van der Waals surface area contributed by atoms with E-state index in [-0.39, 0.29) is 10.9 Å². The molecule has 0 amide bonds. The van der Waals surface area contributed by atoms with E-state index >= 15 is 0 Å². The Morgan fingerprint density at radius 2 is 2.13 bits per heavy atom. The molecular weight excluding hydrogens is 422 g/mol. The zero-order chi connectivity index (χ0) is 21.8. The molecular formula is C21H20F2N6OS. The van der Waals surface area contributed by atoms with Gasteiger partial charge in [-0.05, 0) is 31.0 Å². The molecule has 160 valence electrons. The first-order valence-electron chi connectivity index (χ1n) is 9.56. The van der Waals surface area contributed by atoms with E-state index in [1.54, 1.807) is 6.07 Å². The fraction of sp³-hybridized carbons (Fsp3) is 0.286. The van der Waals surface area contributed by atoms with Crippen LogP contribution in [0.5, 0.6) is 5.75 Å². The lowest BCUT2D eigenvalue weighted by molar-refractivity contribution is 0.151. The number of nitrogens with two attached hydrogens (primary N) is 1. The van der Waals surface area contributed by atoms with Gasteiger partial charge >= 0.3 is 0 Å². The lowest BCUT2D eigenvalue weighted by Crippen LogP contribution is -2.30. The van der Waals surface area contributed by atoms with E-state index in [0.717, 1.165) is 19.2 Å². The van der Waals surface area contributed by atoms with Gasteiger partial charge in [-0.2, -0.15) is 0 Å². The molecule has 4 rings (SSSR count). The number of amidine groups is 1. The molecule has 0 bridgehead atoms. The van der Waals surface area contributed by atoms with Crippen LogP contribution in [0.4, 0.5) is 20.3 Å². The second-order valence-electron chi connectivity index (χ2n) is 6.85. The molecule has 1 saturated heterocycles. The molecule has 1 unspecified atom stereocenters. The van der Waals surface area contributed by atoms with Crippen LogP contribution in [-0.4, -0.2) is 29.0 Å². The van der Waals surface area contributed by atoms with Crippen LogP contribution in [0, 0.1) is 17.8 Å². The maximum atomic E-state index is 13.3. The number of rotatable bonds is 5. The molecule has 31 heavy (non-hydrogen) atoms. The Morgan fingerprint density at radius 1 is 1.29 bits per heavy atom. The quantitative estimate of drug-likeness (QED) is 0.369. The summed E-state index contributed by atoms with van der Waals surface area (Å²) in [5.74, 6) is 7.67. The second-order valence-corrected chi connectivity index (χ2v) is 7.94. The molecule has 7 nitrogen and oxygen atoms in total. The summed E-state index contributed by atoms with van der Waals surface area (Å²) < 4.78 is 32.0. The number of hydrazine groups is 1. The van der Waals surface area contributed by atoms with Crippen LogP contribution in [0.1, 0.15) is 24.8 Å². The summed E-state index contributed by atoms with van der Waals surface area (Å²) in [6, 6.07) is 5.85. The lowest BCUT2D eigenvalue weighted by atomic mass is 10.0. The Morgan fingerprint density at radius 3 is 2.84 bits per heavy atom. The summed E-state index contributed by atoms with van der Waals surface area (Å²) in [5.41, 5.74) is 12.8. The maximum Gasteiger partial charge on any atom is 0.263 e. The van der Waals surface area contributed by atoms with Gasteiger partial charge in [-0.25, -0.2) is 29.2 Å². The van der Waals surface area contributed by atoms with Gasteiger partial charge in [-0.15, -0.1) is 0 Å². The number of ether oxygens (including phenoxy) is 1. The van der Waals surface area contributed by atoms with Crippen LogP contribution in [0.2, 0.25) is 0 Å². The number of benzene rings is 1. The van der Waals surface area contributed by atoms with Crippen molar-refractivity contribution in [1.29, 1.82) is 0 Å². The van der Waals surface area contributed by atoms with Crippen molar-refractivity contribution >= 4 is 34.8 Å². The van der Waals surface area contributed by atoms with Crippen LogP contribution < -0.4 is 21.3 Å². The molecule has 10 heteroatoms. The molecule has 1 saturated carbocycles. The molecule has 4 N–H and O–H groups in total. The Hall–Kier alpha value is -3.16. The second kappa shape index (κ2) is 9.32. The average molecular weight is 442 g/mol. The number of nitrogens with zero attached hydrogens (tertiary/aromatic N) is 3. The fourth-order valence-electron chi connectivity index (χ4n) is 2.90. The molecule has 0 spiro atoms. The van der Waals surface area contributed by atoms with Crippen LogP contribution in [0.3, 0.4) is 0 Å². The molecule has 1 atom stereocenters. The van der Waals surface area contributed by atoms with E-state index in [4.69, 9.17) is 10.5 Å². The van der Waals surface area contributed by atoms with Gasteiger partial charge in [-0.1, -0.05) is 23.6 Å². The zero-order valence-electron chi connectivity index (χ0n) is 16.6. The number of nitrogens with one attached hydrogen (secondary N) is 2. The minimum atomic E-state index is -2.62. The Labute approximate surface area is 182 Å². The van der Waals surface area contributed by atoms with Gasteiger partial charge in [0.2, 0.25) is 0 Å². The third-order valence-corrected chi connectivity index (χ3v) is 5.49. The van der Waals surface area contributed by atoms with Crippen molar-refractivity contribution in [2.24, 2.45) is 21.6 Å². The third-order valence-electron chi connectivity index (χ3n) is 4.60. The summed E-state index contributed by atoms with van der Waals surface area (Å²) in [4.78, 5) is 12.9. The number of halogens is 2. The predicted molar refractivity (Wildman–Crippen MR) is 119 cm³/mol.